The van der Waals surface area contributed by atoms with E-state index in [1.165, 1.54) is 0 Å². The first-order valence-electron chi connectivity index (χ1n) is 8.62. The van der Waals surface area contributed by atoms with Crippen molar-refractivity contribution < 1.29 is 0 Å². The van der Waals surface area contributed by atoms with Crippen molar-refractivity contribution >= 4 is 23.1 Å². The van der Waals surface area contributed by atoms with Gasteiger partial charge in [-0.2, -0.15) is 0 Å². The van der Waals surface area contributed by atoms with E-state index in [9.17, 15) is 0 Å². The van der Waals surface area contributed by atoms with Crippen molar-refractivity contribution in [3.8, 4) is 0 Å². The van der Waals surface area contributed by atoms with Crippen LogP contribution in [0.15, 0.2) is 45.1 Å². The second kappa shape index (κ2) is 6.68. The Morgan fingerprint density at radius 3 is 2.52 bits per heavy atom. The Bertz CT molecular complexity index is 612. The number of rotatable bonds is 2. The number of hydrogen-bond acceptors (Lipinski definition) is 4. The maximum absolute atomic E-state index is 4.96. The summed E-state index contributed by atoms with van der Waals surface area (Å²) < 4.78 is 0. The topological polar surface area (TPSA) is 28.0 Å². The summed E-state index contributed by atoms with van der Waals surface area (Å²) in [6, 6.07) is 0. The molecular formula is C19H29N3S. The smallest absolute Gasteiger partial charge is 0.175 e. The molecule has 0 fully saturated rings. The van der Waals surface area contributed by atoms with E-state index in [1.807, 2.05) is 13.8 Å². The van der Waals surface area contributed by atoms with Crippen molar-refractivity contribution in [3.63, 3.8) is 0 Å². The Morgan fingerprint density at radius 2 is 1.91 bits per heavy atom. The number of fused-ring (bicyclic) bond motifs is 2. The molecule has 0 aromatic rings. The molecule has 0 saturated carbocycles. The number of amidine groups is 1. The van der Waals surface area contributed by atoms with Crippen LogP contribution in [-0.2, 0) is 0 Å². The fourth-order valence-electron chi connectivity index (χ4n) is 2.38. The summed E-state index contributed by atoms with van der Waals surface area (Å²) in [5, 5.41) is 2.10. The average molecular weight is 332 g/mol. The van der Waals surface area contributed by atoms with E-state index < -0.39 is 0 Å². The highest BCUT2D eigenvalue weighted by atomic mass is 32.2. The van der Waals surface area contributed by atoms with E-state index in [-0.39, 0.29) is 11.0 Å². The number of aliphatic imine (C=N–C) groups is 2. The van der Waals surface area contributed by atoms with Gasteiger partial charge in [-0.05, 0) is 43.2 Å². The molecule has 0 N–H and O–H groups in total. The van der Waals surface area contributed by atoms with Gasteiger partial charge in [-0.3, -0.25) is 14.9 Å². The zero-order valence-electron chi connectivity index (χ0n) is 15.4. The number of nitrogens with zero attached hydrogens (tertiary/aromatic N) is 3. The maximum atomic E-state index is 4.96. The third-order valence-corrected chi connectivity index (χ3v) is 5.78. The normalized spacial score (nSPS) is 31.5. The Labute approximate surface area is 145 Å². The molecule has 3 aliphatic rings. The largest absolute Gasteiger partial charge is 0.294 e. The lowest BCUT2D eigenvalue weighted by atomic mass is 9.88. The minimum absolute atomic E-state index is 0.0498. The molecular weight excluding hydrogens is 302 g/mol. The van der Waals surface area contributed by atoms with Crippen LogP contribution in [-0.4, -0.2) is 21.8 Å². The van der Waals surface area contributed by atoms with Gasteiger partial charge in [0.15, 0.2) is 5.17 Å². The van der Waals surface area contributed by atoms with E-state index in [0.29, 0.717) is 5.92 Å². The van der Waals surface area contributed by atoms with Crippen LogP contribution < -0.4 is 0 Å². The Hall–Kier alpha value is -1.29. The molecule has 0 saturated heterocycles. The first-order valence-corrected chi connectivity index (χ1v) is 9.43. The Balaban J connectivity index is 0.000000924. The SMILES string of the molecule is CC.CCC1(C)C=CC2=C(N=C1)SC1=NC(C)(C(C)C)C=CN12. The highest BCUT2D eigenvalue weighted by Crippen LogP contribution is 2.43. The van der Waals surface area contributed by atoms with Gasteiger partial charge in [-0.25, -0.2) is 0 Å². The molecule has 3 heterocycles. The zero-order chi connectivity index (χ0) is 17.3. The molecule has 3 rings (SSSR count). The van der Waals surface area contributed by atoms with E-state index in [2.05, 4.69) is 70.2 Å². The molecule has 0 spiro atoms. The third-order valence-electron chi connectivity index (χ3n) is 4.80. The van der Waals surface area contributed by atoms with Crippen LogP contribution in [0.25, 0.3) is 0 Å². The first-order chi connectivity index (χ1) is 10.9. The predicted molar refractivity (Wildman–Crippen MR) is 104 cm³/mol. The first kappa shape index (κ1) is 18.1. The van der Waals surface area contributed by atoms with E-state index in [4.69, 9.17) is 9.98 Å². The monoisotopic (exact) mass is 331 g/mol. The van der Waals surface area contributed by atoms with Crippen molar-refractivity contribution in [1.82, 2.24) is 4.90 Å². The van der Waals surface area contributed by atoms with Gasteiger partial charge in [-0.1, -0.05) is 47.6 Å². The number of hydrogen-bond donors (Lipinski definition) is 0. The molecule has 126 valence electrons. The summed E-state index contributed by atoms with van der Waals surface area (Å²) in [5.74, 6) is 0.479. The summed E-state index contributed by atoms with van der Waals surface area (Å²) in [7, 11) is 0. The predicted octanol–water partition coefficient (Wildman–Crippen LogP) is 5.59. The number of thioether (sulfide) groups is 1. The van der Waals surface area contributed by atoms with Gasteiger partial charge >= 0.3 is 0 Å². The lowest BCUT2D eigenvalue weighted by Crippen LogP contribution is -2.34. The van der Waals surface area contributed by atoms with Gasteiger partial charge in [0.05, 0.1) is 11.2 Å². The molecule has 4 heteroatoms. The molecule has 3 nitrogen and oxygen atoms in total. The van der Waals surface area contributed by atoms with Gasteiger partial charge in [0, 0.05) is 17.8 Å². The van der Waals surface area contributed by atoms with E-state index >= 15 is 0 Å². The lowest BCUT2D eigenvalue weighted by Gasteiger charge is -2.32. The maximum Gasteiger partial charge on any atom is 0.175 e. The average Bonchev–Trinajstić information content (AvgIpc) is 2.80. The van der Waals surface area contributed by atoms with Crippen LogP contribution in [0, 0.1) is 11.3 Å². The minimum Gasteiger partial charge on any atom is -0.294 e. The summed E-state index contributed by atoms with van der Waals surface area (Å²) >= 11 is 1.68. The molecule has 0 radical (unpaired) electrons. The minimum atomic E-state index is -0.116. The van der Waals surface area contributed by atoms with Crippen molar-refractivity contribution in [2.24, 2.45) is 21.3 Å². The summed E-state index contributed by atoms with van der Waals surface area (Å²) in [5.41, 5.74) is 1.08. The molecule has 2 unspecified atom stereocenters. The second-order valence-electron chi connectivity index (χ2n) is 6.70. The molecule has 0 aromatic heterocycles. The molecule has 0 amide bonds. The summed E-state index contributed by atoms with van der Waals surface area (Å²) in [4.78, 5) is 11.8. The molecule has 0 aliphatic carbocycles. The summed E-state index contributed by atoms with van der Waals surface area (Å²) in [6.45, 7) is 15.0. The van der Waals surface area contributed by atoms with E-state index in [1.54, 1.807) is 11.8 Å². The van der Waals surface area contributed by atoms with Crippen LogP contribution in [0.5, 0.6) is 0 Å². The molecule has 0 bridgehead atoms. The Kier molecular flexibility index (Phi) is 5.24. The third kappa shape index (κ3) is 3.32. The van der Waals surface area contributed by atoms with Crippen LogP contribution in [0.1, 0.15) is 54.9 Å². The molecule has 0 aromatic carbocycles. The van der Waals surface area contributed by atoms with Gasteiger partial charge in [-0.15, -0.1) is 0 Å². The van der Waals surface area contributed by atoms with Crippen LogP contribution in [0.4, 0.5) is 0 Å². The van der Waals surface area contributed by atoms with Crippen molar-refractivity contribution in [2.75, 3.05) is 0 Å². The van der Waals surface area contributed by atoms with Crippen LogP contribution in [0.2, 0.25) is 0 Å². The van der Waals surface area contributed by atoms with Gasteiger partial charge < -0.3 is 0 Å². The number of allylic oxidation sites excluding steroid dienone is 2. The highest BCUT2D eigenvalue weighted by molar-refractivity contribution is 8.17. The Morgan fingerprint density at radius 1 is 1.22 bits per heavy atom. The van der Waals surface area contributed by atoms with Gasteiger partial charge in [0.1, 0.15) is 5.03 Å². The highest BCUT2D eigenvalue weighted by Gasteiger charge is 2.36. The van der Waals surface area contributed by atoms with Crippen LogP contribution in [0.3, 0.4) is 0 Å². The molecule has 2 atom stereocenters. The van der Waals surface area contributed by atoms with Crippen molar-refractivity contribution in [3.05, 3.63) is 35.2 Å². The fraction of sp³-hybridized carbons (Fsp3) is 0.579. The zero-order valence-corrected chi connectivity index (χ0v) is 16.2. The van der Waals surface area contributed by atoms with E-state index in [0.717, 1.165) is 22.3 Å². The van der Waals surface area contributed by atoms with Crippen molar-refractivity contribution in [1.29, 1.82) is 0 Å². The standard InChI is InChI=1S/C17H23N3S.C2H6/c1-6-16(4)8-7-13-14(18-11-16)21-15-19-17(5,12(2)3)9-10-20(13)15;1-2/h7-12H,6H2,1-5H3;1-2H3. The van der Waals surface area contributed by atoms with Crippen LogP contribution >= 0.6 is 11.8 Å². The quantitative estimate of drug-likeness (QED) is 0.660. The molecule has 3 aliphatic heterocycles. The van der Waals surface area contributed by atoms with Crippen molar-refractivity contribution in [2.45, 2.75) is 60.4 Å². The summed E-state index contributed by atoms with van der Waals surface area (Å²) in [6.07, 6.45) is 11.9. The second-order valence-corrected chi connectivity index (χ2v) is 7.66. The fourth-order valence-corrected chi connectivity index (χ4v) is 3.43. The van der Waals surface area contributed by atoms with Gasteiger partial charge in [0.2, 0.25) is 0 Å². The molecule has 23 heavy (non-hydrogen) atoms. The lowest BCUT2D eigenvalue weighted by molar-refractivity contribution is 0.407. The van der Waals surface area contributed by atoms with Gasteiger partial charge in [0.25, 0.3) is 0 Å².